The zero-order valence-corrected chi connectivity index (χ0v) is 33.9. The van der Waals surface area contributed by atoms with Crippen molar-refractivity contribution in [3.05, 3.63) is 23.8 Å². The number of hydrogen-bond acceptors (Lipinski definition) is 6. The third-order valence-electron chi connectivity index (χ3n) is 11.9. The summed E-state index contributed by atoms with van der Waals surface area (Å²) in [6, 6.07) is 0. The first kappa shape index (κ1) is 39.2. The second-order valence-corrected chi connectivity index (χ2v) is 27.8. The van der Waals surface area contributed by atoms with Gasteiger partial charge in [0.1, 0.15) is 12.2 Å². The highest BCUT2D eigenvalue weighted by atomic mass is 28.4. The molecule has 1 saturated heterocycles. The van der Waals surface area contributed by atoms with Crippen LogP contribution in [0.3, 0.4) is 0 Å². The second kappa shape index (κ2) is 14.7. The van der Waals surface area contributed by atoms with E-state index in [1.54, 1.807) is 0 Å². The van der Waals surface area contributed by atoms with E-state index in [0.717, 1.165) is 38.5 Å². The van der Waals surface area contributed by atoms with Crippen LogP contribution in [0.1, 0.15) is 121 Å². The van der Waals surface area contributed by atoms with E-state index in [1.807, 2.05) is 13.8 Å². The van der Waals surface area contributed by atoms with E-state index in [0.29, 0.717) is 18.8 Å². The van der Waals surface area contributed by atoms with Crippen LogP contribution in [0.15, 0.2) is 23.8 Å². The molecule has 46 heavy (non-hydrogen) atoms. The van der Waals surface area contributed by atoms with Crippen LogP contribution in [0.25, 0.3) is 0 Å². The van der Waals surface area contributed by atoms with Gasteiger partial charge >= 0.3 is 11.9 Å². The van der Waals surface area contributed by atoms with Crippen molar-refractivity contribution in [1.29, 1.82) is 0 Å². The van der Waals surface area contributed by atoms with Crippen LogP contribution in [0, 0.1) is 23.2 Å². The Hall–Kier alpha value is -1.23. The topological polar surface area (TPSA) is 71.1 Å². The Labute approximate surface area is 284 Å². The molecule has 8 heteroatoms. The van der Waals surface area contributed by atoms with Gasteiger partial charge in [0.15, 0.2) is 16.6 Å². The molecule has 0 bridgehead atoms. The maximum Gasteiger partial charge on any atom is 0.311 e. The SMILES string of the molecule is CCCCC(C)(C)C(=O)O[C@H]1C[C@H](O[Si](C)(C)C(C)(C)C)C=C2C=C[C@@H](C)[C@H](CC[C@@H]3C[C@@H](O[Si](C)(C)C(C)(C)C)CC(=O)O3)[C@H]21. The highest BCUT2D eigenvalue weighted by Crippen LogP contribution is 2.47. The van der Waals surface area contributed by atoms with E-state index in [1.165, 1.54) is 5.57 Å². The monoisotopic (exact) mass is 676 g/mol. The third-order valence-corrected chi connectivity index (χ3v) is 20.9. The number of esters is 2. The second-order valence-electron chi connectivity index (χ2n) is 18.3. The maximum absolute atomic E-state index is 13.8. The predicted octanol–water partition coefficient (Wildman–Crippen LogP) is 10.1. The van der Waals surface area contributed by atoms with Gasteiger partial charge in [-0.3, -0.25) is 9.59 Å². The minimum atomic E-state index is -2.05. The largest absolute Gasteiger partial charge is 0.462 e. The number of rotatable bonds is 12. The molecule has 0 radical (unpaired) electrons. The molecule has 0 unspecified atom stereocenters. The molecule has 6 nitrogen and oxygen atoms in total. The Kier molecular flexibility index (Phi) is 12.5. The van der Waals surface area contributed by atoms with Gasteiger partial charge in [-0.15, -0.1) is 0 Å². The summed E-state index contributed by atoms with van der Waals surface area (Å²) < 4.78 is 26.1. The molecule has 7 atom stereocenters. The molecule has 1 fully saturated rings. The van der Waals surface area contributed by atoms with Crippen molar-refractivity contribution in [2.45, 2.75) is 181 Å². The van der Waals surface area contributed by atoms with Crippen molar-refractivity contribution in [1.82, 2.24) is 0 Å². The van der Waals surface area contributed by atoms with Crippen molar-refractivity contribution in [3.63, 3.8) is 0 Å². The van der Waals surface area contributed by atoms with Gasteiger partial charge in [0.05, 0.1) is 24.0 Å². The summed E-state index contributed by atoms with van der Waals surface area (Å²) in [5, 5.41) is 0.168. The fourth-order valence-electron chi connectivity index (χ4n) is 6.71. The van der Waals surface area contributed by atoms with Gasteiger partial charge in [-0.1, -0.05) is 86.5 Å². The average molecular weight is 677 g/mol. The summed E-state index contributed by atoms with van der Waals surface area (Å²) >= 11 is 0. The zero-order valence-electron chi connectivity index (χ0n) is 31.9. The predicted molar refractivity (Wildman–Crippen MR) is 194 cm³/mol. The van der Waals surface area contributed by atoms with Gasteiger partial charge in [-0.2, -0.15) is 0 Å². The average Bonchev–Trinajstić information content (AvgIpc) is 2.89. The lowest BCUT2D eigenvalue weighted by Gasteiger charge is -2.46. The number of allylic oxidation sites excluding steroid dienone is 2. The molecule has 0 N–H and O–H groups in total. The van der Waals surface area contributed by atoms with E-state index in [9.17, 15) is 9.59 Å². The Morgan fingerprint density at radius 3 is 2.13 bits per heavy atom. The summed E-state index contributed by atoms with van der Waals surface area (Å²) in [7, 11) is -4.06. The Morgan fingerprint density at radius 2 is 1.54 bits per heavy atom. The molecule has 1 aliphatic heterocycles. The van der Waals surface area contributed by atoms with Crippen LogP contribution in [-0.2, 0) is 27.9 Å². The quantitative estimate of drug-likeness (QED) is 0.151. The summed E-state index contributed by atoms with van der Waals surface area (Å²) in [6.07, 6.45) is 12.6. The van der Waals surface area contributed by atoms with Gasteiger partial charge in [-0.05, 0) is 86.8 Å². The standard InChI is InChI=1S/C38H68O6Si2/c1-15-16-21-38(9,10)35(40)42-32-24-29(43-45(11,12)36(3,4)5)22-27-18-17-26(2)31(34(27)32)20-19-28-23-30(25-33(39)41-28)44-46(13,14)37(6,7)8/h17-18,22,26,28-32,34H,15-16,19-21,23-25H2,1-14H3/t26-,28-,29-,30-,31+,32+,34+/m1/s1. The van der Waals surface area contributed by atoms with E-state index < -0.39 is 22.0 Å². The lowest BCUT2D eigenvalue weighted by molar-refractivity contribution is -0.166. The fraction of sp³-hybridized carbons (Fsp3) is 0.842. The van der Waals surface area contributed by atoms with Crippen LogP contribution in [-0.4, -0.2) is 53.0 Å². The Morgan fingerprint density at radius 1 is 0.935 bits per heavy atom. The molecular weight excluding hydrogens is 609 g/mol. The number of hydrogen-bond donors (Lipinski definition) is 0. The Bertz CT molecular complexity index is 1120. The lowest BCUT2D eigenvalue weighted by atomic mass is 9.66. The number of unbranched alkanes of at least 4 members (excludes halogenated alkanes) is 1. The normalized spacial score (nSPS) is 29.6. The number of cyclic esters (lactones) is 1. The van der Waals surface area contributed by atoms with E-state index in [-0.39, 0.29) is 58.3 Å². The van der Waals surface area contributed by atoms with E-state index in [2.05, 4.69) is 99.8 Å². The molecule has 3 rings (SSSR count). The molecular formula is C38H68O6Si2. The van der Waals surface area contributed by atoms with Gasteiger partial charge in [0.2, 0.25) is 0 Å². The molecule has 0 aromatic heterocycles. The van der Waals surface area contributed by atoms with Gasteiger partial charge in [0, 0.05) is 18.8 Å². The minimum absolute atomic E-state index is 0.0830. The van der Waals surface area contributed by atoms with Gasteiger partial charge < -0.3 is 18.3 Å². The Balaban J connectivity index is 1.85. The summed E-state index contributed by atoms with van der Waals surface area (Å²) in [5.41, 5.74) is 0.691. The fourth-order valence-corrected chi connectivity index (χ4v) is 9.35. The first-order chi connectivity index (χ1) is 21.0. The van der Waals surface area contributed by atoms with E-state index >= 15 is 0 Å². The number of carbonyl (C=O) groups is 2. The first-order valence-corrected chi connectivity index (χ1v) is 23.9. The first-order valence-electron chi connectivity index (χ1n) is 18.1. The molecule has 3 aliphatic rings. The van der Waals surface area contributed by atoms with Crippen LogP contribution in [0.4, 0.5) is 0 Å². The smallest absolute Gasteiger partial charge is 0.311 e. The molecule has 0 saturated carbocycles. The molecule has 1 heterocycles. The maximum atomic E-state index is 13.8. The van der Waals surface area contributed by atoms with Crippen molar-refractivity contribution >= 4 is 28.6 Å². The van der Waals surface area contributed by atoms with Crippen LogP contribution in [0.2, 0.25) is 36.3 Å². The molecule has 0 aromatic carbocycles. The summed E-state index contributed by atoms with van der Waals surface area (Å²) in [4.78, 5) is 26.5. The van der Waals surface area contributed by atoms with E-state index in [4.69, 9.17) is 18.3 Å². The van der Waals surface area contributed by atoms with Gasteiger partial charge in [0.25, 0.3) is 0 Å². The minimum Gasteiger partial charge on any atom is -0.462 e. The zero-order chi connectivity index (χ0) is 34.9. The lowest BCUT2D eigenvalue weighted by Crippen LogP contribution is -2.49. The molecule has 2 aliphatic carbocycles. The number of ether oxygens (including phenoxy) is 2. The highest BCUT2D eigenvalue weighted by molar-refractivity contribution is 6.74. The molecule has 264 valence electrons. The summed E-state index contributed by atoms with van der Waals surface area (Å²) in [6.45, 7) is 31.1. The molecule has 0 spiro atoms. The third kappa shape index (κ3) is 9.69. The van der Waals surface area contributed by atoms with Crippen LogP contribution < -0.4 is 0 Å². The van der Waals surface area contributed by atoms with Crippen molar-refractivity contribution in [3.8, 4) is 0 Å². The van der Waals surface area contributed by atoms with Crippen molar-refractivity contribution < 1.29 is 27.9 Å². The molecule has 0 aromatic rings. The van der Waals surface area contributed by atoms with Crippen LogP contribution >= 0.6 is 0 Å². The summed E-state index contributed by atoms with van der Waals surface area (Å²) in [5.74, 6) is 0.409. The van der Waals surface area contributed by atoms with Gasteiger partial charge in [-0.25, -0.2) is 0 Å². The highest BCUT2D eigenvalue weighted by Gasteiger charge is 2.47. The number of fused-ring (bicyclic) bond motifs is 1. The van der Waals surface area contributed by atoms with Crippen molar-refractivity contribution in [2.24, 2.45) is 23.2 Å². The molecule has 0 amide bonds. The van der Waals surface area contributed by atoms with Crippen molar-refractivity contribution in [2.75, 3.05) is 0 Å². The van der Waals surface area contributed by atoms with Crippen LogP contribution in [0.5, 0.6) is 0 Å². The number of carbonyl (C=O) groups excluding carboxylic acids is 2.